The van der Waals surface area contributed by atoms with Crippen LogP contribution in [0.25, 0.3) is 10.8 Å². The minimum absolute atomic E-state index is 0.000774. The number of nitrogens with one attached hydrogen (secondary N) is 1. The van der Waals surface area contributed by atoms with Gasteiger partial charge in [-0.1, -0.05) is 17.8 Å². The molecule has 1 atom stereocenters. The molecule has 9 heteroatoms. The largest absolute Gasteiger partial charge is 0.410 e. The first-order valence-corrected chi connectivity index (χ1v) is 9.94. The van der Waals surface area contributed by atoms with Crippen LogP contribution in [0.15, 0.2) is 27.2 Å². The van der Waals surface area contributed by atoms with Crippen LogP contribution in [0.2, 0.25) is 0 Å². The van der Waals surface area contributed by atoms with Gasteiger partial charge in [0, 0.05) is 4.88 Å². The van der Waals surface area contributed by atoms with E-state index < -0.39 is 0 Å². The van der Waals surface area contributed by atoms with Crippen LogP contribution in [0.3, 0.4) is 0 Å². The molecule has 1 amide bonds. The van der Waals surface area contributed by atoms with E-state index in [2.05, 4.69) is 20.5 Å². The Bertz CT molecular complexity index is 826. The Kier molecular flexibility index (Phi) is 5.32. The molecule has 3 heterocycles. The summed E-state index contributed by atoms with van der Waals surface area (Å²) in [4.78, 5) is 18.4. The third kappa shape index (κ3) is 4.03. The normalized spacial score (nSPS) is 12.3. The monoisotopic (exact) mass is 380 g/mol. The van der Waals surface area contributed by atoms with Crippen molar-refractivity contribution >= 4 is 40.3 Å². The number of aryl methyl sites for hydroxylation is 2. The number of nitrogens with zero attached hydrogens (tertiary/aromatic N) is 3. The number of thioether (sulfide) groups is 1. The van der Waals surface area contributed by atoms with Crippen LogP contribution in [0.4, 0.5) is 0 Å². The van der Waals surface area contributed by atoms with E-state index in [0.29, 0.717) is 11.1 Å². The van der Waals surface area contributed by atoms with Crippen molar-refractivity contribution in [2.24, 2.45) is 0 Å². The van der Waals surface area contributed by atoms with Crippen molar-refractivity contribution in [3.8, 4) is 10.8 Å². The van der Waals surface area contributed by atoms with Gasteiger partial charge >= 0.3 is 0 Å². The average Bonchev–Trinajstić information content (AvgIpc) is 3.25. The first kappa shape index (κ1) is 17.1. The Hall–Kier alpha value is -1.71. The molecule has 1 N–H and O–H groups in total. The molecule has 3 aromatic heterocycles. The number of thiophene rings is 1. The fourth-order valence-electron chi connectivity index (χ4n) is 2.11. The Labute approximate surface area is 151 Å². The molecule has 24 heavy (non-hydrogen) atoms. The molecule has 6 nitrogen and oxygen atoms in total. The second kappa shape index (κ2) is 7.45. The lowest BCUT2D eigenvalue weighted by molar-refractivity contribution is -0.119. The molecule has 0 radical (unpaired) electrons. The third-order valence-corrected chi connectivity index (χ3v) is 6.11. The average molecular weight is 381 g/mol. The molecule has 1 unspecified atom stereocenters. The maximum atomic E-state index is 12.0. The van der Waals surface area contributed by atoms with E-state index in [4.69, 9.17) is 4.42 Å². The molecule has 0 saturated heterocycles. The molecule has 0 aliphatic carbocycles. The van der Waals surface area contributed by atoms with Gasteiger partial charge in [-0.15, -0.1) is 32.9 Å². The number of amides is 1. The van der Waals surface area contributed by atoms with Gasteiger partial charge in [-0.2, -0.15) is 0 Å². The third-order valence-electron chi connectivity index (χ3n) is 3.18. The molecule has 0 aliphatic heterocycles. The molecule has 126 valence electrons. The molecule has 0 spiro atoms. The molecule has 0 bridgehead atoms. The Morgan fingerprint density at radius 3 is 2.92 bits per heavy atom. The van der Waals surface area contributed by atoms with Crippen molar-refractivity contribution in [2.75, 3.05) is 5.75 Å². The van der Waals surface area contributed by atoms with Crippen LogP contribution >= 0.6 is 34.4 Å². The number of carbonyl (C=O) groups is 1. The Balaban J connectivity index is 1.55. The maximum Gasteiger partial charge on any atom is 0.277 e. The number of thiazole rings is 1. The van der Waals surface area contributed by atoms with Crippen molar-refractivity contribution < 1.29 is 9.21 Å². The van der Waals surface area contributed by atoms with E-state index in [-0.39, 0.29) is 17.7 Å². The van der Waals surface area contributed by atoms with Crippen molar-refractivity contribution in [1.29, 1.82) is 0 Å². The molecular formula is C15H16N4O2S3. The smallest absolute Gasteiger partial charge is 0.277 e. The first-order valence-electron chi connectivity index (χ1n) is 7.26. The first-order chi connectivity index (χ1) is 11.5. The predicted octanol–water partition coefficient (Wildman–Crippen LogP) is 3.84. The van der Waals surface area contributed by atoms with Crippen molar-refractivity contribution in [3.05, 3.63) is 33.1 Å². The summed E-state index contributed by atoms with van der Waals surface area (Å²) >= 11 is 4.37. The standard InChI is InChI=1S/C15H16N4O2S3/c1-8(11-5-4-6-22-11)17-12(20)7-23-15-19-18-14(21-15)13-9(2)16-10(3)24-13/h4-6,8H,7H2,1-3H3,(H,17,20). The number of carbonyl (C=O) groups excluding carboxylic acids is 1. The number of aromatic nitrogens is 3. The van der Waals surface area contributed by atoms with Crippen LogP contribution in [0.1, 0.15) is 28.5 Å². The highest BCUT2D eigenvalue weighted by molar-refractivity contribution is 7.99. The van der Waals surface area contributed by atoms with Gasteiger partial charge < -0.3 is 9.73 Å². The van der Waals surface area contributed by atoms with Gasteiger partial charge in [0.1, 0.15) is 4.88 Å². The van der Waals surface area contributed by atoms with Crippen LogP contribution in [-0.4, -0.2) is 26.8 Å². The second-order valence-corrected chi connectivity index (χ2v) is 8.22. The van der Waals surface area contributed by atoms with Crippen molar-refractivity contribution in [3.63, 3.8) is 0 Å². The summed E-state index contributed by atoms with van der Waals surface area (Å²) in [6.45, 7) is 5.82. The summed E-state index contributed by atoms with van der Waals surface area (Å²) in [5.74, 6) is 0.622. The summed E-state index contributed by atoms with van der Waals surface area (Å²) in [5.41, 5.74) is 0.875. The molecule has 3 aromatic rings. The van der Waals surface area contributed by atoms with Crippen LogP contribution in [0, 0.1) is 13.8 Å². The van der Waals surface area contributed by atoms with Gasteiger partial charge in [-0.25, -0.2) is 4.98 Å². The SMILES string of the molecule is Cc1nc(C)c(-c2nnc(SCC(=O)NC(C)c3cccs3)o2)s1. The molecule has 3 rings (SSSR count). The molecule has 0 fully saturated rings. The quantitative estimate of drug-likeness (QED) is 0.654. The highest BCUT2D eigenvalue weighted by Crippen LogP contribution is 2.30. The van der Waals surface area contributed by atoms with Gasteiger partial charge in [0.15, 0.2) is 0 Å². The number of hydrogen-bond donors (Lipinski definition) is 1. The minimum atomic E-state index is -0.0644. The van der Waals surface area contributed by atoms with Crippen LogP contribution in [-0.2, 0) is 4.79 Å². The van der Waals surface area contributed by atoms with E-state index >= 15 is 0 Å². The lowest BCUT2D eigenvalue weighted by Gasteiger charge is -2.11. The lowest BCUT2D eigenvalue weighted by Crippen LogP contribution is -2.27. The van der Waals surface area contributed by atoms with Gasteiger partial charge in [0.25, 0.3) is 11.1 Å². The van der Waals surface area contributed by atoms with E-state index in [1.807, 2.05) is 38.3 Å². The maximum absolute atomic E-state index is 12.0. The van der Waals surface area contributed by atoms with E-state index in [0.717, 1.165) is 20.5 Å². The van der Waals surface area contributed by atoms with Gasteiger partial charge in [0.2, 0.25) is 5.91 Å². The second-order valence-electron chi connectivity index (χ2n) is 5.11. The Morgan fingerprint density at radius 2 is 2.25 bits per heavy atom. The summed E-state index contributed by atoms with van der Waals surface area (Å²) in [5, 5.41) is 14.3. The molecule has 0 aliphatic rings. The van der Waals surface area contributed by atoms with Gasteiger partial charge in [-0.05, 0) is 32.2 Å². The Morgan fingerprint density at radius 1 is 1.42 bits per heavy atom. The van der Waals surface area contributed by atoms with E-state index in [1.54, 1.807) is 11.3 Å². The minimum Gasteiger partial charge on any atom is -0.410 e. The van der Waals surface area contributed by atoms with Crippen molar-refractivity contribution in [1.82, 2.24) is 20.5 Å². The molecular weight excluding hydrogens is 364 g/mol. The highest BCUT2D eigenvalue weighted by Gasteiger charge is 2.16. The van der Waals surface area contributed by atoms with E-state index in [1.165, 1.54) is 23.1 Å². The fourth-order valence-corrected chi connectivity index (χ4v) is 4.26. The topological polar surface area (TPSA) is 80.9 Å². The van der Waals surface area contributed by atoms with Crippen LogP contribution < -0.4 is 5.32 Å². The fraction of sp³-hybridized carbons (Fsp3) is 0.333. The van der Waals surface area contributed by atoms with E-state index in [9.17, 15) is 4.79 Å². The zero-order chi connectivity index (χ0) is 17.1. The highest BCUT2D eigenvalue weighted by atomic mass is 32.2. The number of rotatable bonds is 6. The van der Waals surface area contributed by atoms with Crippen molar-refractivity contribution in [2.45, 2.75) is 32.0 Å². The summed E-state index contributed by atoms with van der Waals surface area (Å²) in [6, 6.07) is 3.98. The lowest BCUT2D eigenvalue weighted by atomic mass is 10.3. The van der Waals surface area contributed by atoms with Gasteiger partial charge in [-0.3, -0.25) is 4.79 Å². The zero-order valence-corrected chi connectivity index (χ0v) is 15.8. The number of hydrogen-bond acceptors (Lipinski definition) is 8. The summed E-state index contributed by atoms with van der Waals surface area (Å²) < 4.78 is 5.62. The zero-order valence-electron chi connectivity index (χ0n) is 13.4. The molecule has 0 aromatic carbocycles. The molecule has 0 saturated carbocycles. The summed E-state index contributed by atoms with van der Waals surface area (Å²) in [7, 11) is 0. The predicted molar refractivity (Wildman–Crippen MR) is 96.5 cm³/mol. The van der Waals surface area contributed by atoms with Gasteiger partial charge in [0.05, 0.1) is 22.5 Å². The summed E-state index contributed by atoms with van der Waals surface area (Å²) in [6.07, 6.45) is 0. The van der Waals surface area contributed by atoms with Crippen LogP contribution in [0.5, 0.6) is 0 Å².